The van der Waals surface area contributed by atoms with Crippen molar-refractivity contribution in [2.45, 2.75) is 6.10 Å². The molecule has 0 fully saturated rings. The van der Waals surface area contributed by atoms with Gasteiger partial charge in [0.05, 0.1) is 12.6 Å². The molecule has 10 nitrogen and oxygen atoms in total. The number of aromatic nitrogens is 1. The fraction of sp³-hybridized carbons (Fsp3) is 0.250. The molecule has 4 aromatic rings. The number of hydrogen-bond donors (Lipinski definition) is 4. The predicted molar refractivity (Wildman–Crippen MR) is 131 cm³/mol. The van der Waals surface area contributed by atoms with Gasteiger partial charge in [-0.3, -0.25) is 4.55 Å². The summed E-state index contributed by atoms with van der Waals surface area (Å²) in [6, 6.07) is 17.9. The van der Waals surface area contributed by atoms with E-state index in [4.69, 9.17) is 18.8 Å². The molecule has 0 saturated heterocycles. The molecule has 1 aromatic heterocycles. The number of ether oxygens (including phenoxy) is 3. The number of hydrogen-bond acceptors (Lipinski definition) is 8. The predicted octanol–water partition coefficient (Wildman–Crippen LogP) is 2.92. The summed E-state index contributed by atoms with van der Waals surface area (Å²) in [5.41, 5.74) is 2.00. The number of rotatable bonds is 12. The van der Waals surface area contributed by atoms with Crippen LogP contribution in [-0.2, 0) is 10.4 Å². The number of benzene rings is 3. The normalized spacial score (nSPS) is 12.5. The minimum absolute atomic E-state index is 0.110. The highest BCUT2D eigenvalue weighted by molar-refractivity contribution is 7.81. The maximum absolute atomic E-state index is 10.8. The van der Waals surface area contributed by atoms with Crippen LogP contribution in [0.1, 0.15) is 0 Å². The fourth-order valence-electron chi connectivity index (χ4n) is 3.68. The van der Waals surface area contributed by atoms with E-state index in [1.807, 2.05) is 42.5 Å². The lowest BCUT2D eigenvalue weighted by molar-refractivity contribution is 0.106. The molecule has 11 heteroatoms. The van der Waals surface area contributed by atoms with E-state index in [0.29, 0.717) is 24.6 Å². The van der Waals surface area contributed by atoms with Crippen LogP contribution < -0.4 is 23.7 Å². The van der Waals surface area contributed by atoms with Crippen molar-refractivity contribution >= 4 is 32.2 Å². The van der Waals surface area contributed by atoms with Gasteiger partial charge in [-0.2, -0.15) is 8.42 Å². The summed E-state index contributed by atoms with van der Waals surface area (Å²) in [5.74, 6) is 1.20. The van der Waals surface area contributed by atoms with Crippen LogP contribution in [0.4, 0.5) is 0 Å². The highest BCUT2D eigenvalue weighted by atomic mass is 32.3. The molecule has 186 valence electrons. The van der Waals surface area contributed by atoms with E-state index in [1.165, 1.54) is 25.3 Å². The van der Waals surface area contributed by atoms with Gasteiger partial charge in [0.15, 0.2) is 11.5 Å². The number of aliphatic hydroxyl groups is 1. The maximum atomic E-state index is 10.8. The van der Waals surface area contributed by atoms with Crippen molar-refractivity contribution in [3.8, 4) is 23.0 Å². The molecule has 35 heavy (non-hydrogen) atoms. The van der Waals surface area contributed by atoms with Gasteiger partial charge in [-0.1, -0.05) is 24.3 Å². The Balaban J connectivity index is 1.24. The molecular weight excluding hydrogens is 476 g/mol. The number of para-hydroxylation sites is 1. The number of aliphatic hydroxyl groups excluding tert-OH is 1. The first-order valence-corrected chi connectivity index (χ1v) is 12.2. The largest absolute Gasteiger partial charge is 0.493 e. The molecule has 4 rings (SSSR count). The molecule has 0 aliphatic carbocycles. The Kier molecular flexibility index (Phi) is 7.61. The van der Waals surface area contributed by atoms with Crippen molar-refractivity contribution < 1.29 is 36.5 Å². The molecule has 1 heterocycles. The Hall–Kier alpha value is -3.51. The van der Waals surface area contributed by atoms with Crippen molar-refractivity contribution in [2.24, 2.45) is 0 Å². The monoisotopic (exact) mass is 502 g/mol. The van der Waals surface area contributed by atoms with Crippen LogP contribution in [0, 0.1) is 0 Å². The Morgan fingerprint density at radius 3 is 2.57 bits per heavy atom. The molecular formula is C24H26N2O8S. The summed E-state index contributed by atoms with van der Waals surface area (Å²) in [4.78, 5) is 3.37. The van der Waals surface area contributed by atoms with E-state index in [9.17, 15) is 13.5 Å². The van der Waals surface area contributed by atoms with E-state index in [0.717, 1.165) is 21.8 Å². The van der Waals surface area contributed by atoms with Gasteiger partial charge >= 0.3 is 10.4 Å². The molecule has 0 saturated carbocycles. The second-order valence-corrected chi connectivity index (χ2v) is 8.71. The molecule has 4 N–H and O–H groups in total. The standard InChI is InChI=1S/C24H26N2O8S/c1-31-23-13-17(34-35(28,29)30)9-10-21(23)32-12-11-25-14-16(27)15-33-22-8-4-7-20-24(22)18-5-2-3-6-19(18)26-20/h2-10,13,16,25-27H,11-12,14-15H2,1H3,(H,28,29,30)/t16-/m0/s1. The third kappa shape index (κ3) is 6.34. The molecule has 0 bridgehead atoms. The van der Waals surface area contributed by atoms with Gasteiger partial charge in [-0.15, -0.1) is 0 Å². The maximum Gasteiger partial charge on any atom is 0.446 e. The van der Waals surface area contributed by atoms with E-state index < -0.39 is 16.5 Å². The average molecular weight is 503 g/mol. The van der Waals surface area contributed by atoms with Crippen LogP contribution >= 0.6 is 0 Å². The van der Waals surface area contributed by atoms with Crippen molar-refractivity contribution in [3.05, 3.63) is 60.7 Å². The van der Waals surface area contributed by atoms with Crippen molar-refractivity contribution in [3.63, 3.8) is 0 Å². The molecule has 0 radical (unpaired) electrons. The molecule has 0 amide bonds. The minimum Gasteiger partial charge on any atom is -0.493 e. The van der Waals surface area contributed by atoms with Crippen molar-refractivity contribution in [1.29, 1.82) is 0 Å². The van der Waals surface area contributed by atoms with Gasteiger partial charge in [0.2, 0.25) is 0 Å². The lowest BCUT2D eigenvalue weighted by Crippen LogP contribution is -2.33. The van der Waals surface area contributed by atoms with E-state index in [2.05, 4.69) is 14.5 Å². The zero-order chi connectivity index (χ0) is 24.8. The zero-order valence-corrected chi connectivity index (χ0v) is 19.7. The van der Waals surface area contributed by atoms with E-state index in [-0.39, 0.29) is 24.7 Å². The summed E-state index contributed by atoms with van der Waals surface area (Å²) in [7, 11) is -3.24. The molecule has 0 spiro atoms. The van der Waals surface area contributed by atoms with Gasteiger partial charge < -0.3 is 33.8 Å². The molecule has 0 unspecified atom stereocenters. The fourth-order valence-corrected chi connectivity index (χ4v) is 4.02. The first-order valence-electron chi connectivity index (χ1n) is 10.8. The SMILES string of the molecule is COc1cc(OS(=O)(=O)O)ccc1OCCNC[C@H](O)COc1cccc2[nH]c3ccccc3c12. The van der Waals surface area contributed by atoms with Crippen molar-refractivity contribution in [1.82, 2.24) is 10.3 Å². The Morgan fingerprint density at radius 1 is 0.971 bits per heavy atom. The lowest BCUT2D eigenvalue weighted by Gasteiger charge is -2.15. The second-order valence-electron chi connectivity index (χ2n) is 7.69. The number of methoxy groups -OCH3 is 1. The zero-order valence-electron chi connectivity index (χ0n) is 18.9. The summed E-state index contributed by atoms with van der Waals surface area (Å²) >= 11 is 0. The van der Waals surface area contributed by atoms with Gasteiger partial charge in [-0.05, 0) is 30.3 Å². The van der Waals surface area contributed by atoms with Crippen LogP contribution in [-0.4, -0.2) is 62.6 Å². The number of nitrogens with one attached hydrogen (secondary N) is 2. The van der Waals surface area contributed by atoms with Crippen molar-refractivity contribution in [2.75, 3.05) is 33.4 Å². The summed E-state index contributed by atoms with van der Waals surface area (Å²) in [5, 5.41) is 15.5. The number of fused-ring (bicyclic) bond motifs is 3. The third-order valence-electron chi connectivity index (χ3n) is 5.18. The summed E-state index contributed by atoms with van der Waals surface area (Å²) in [6.07, 6.45) is -0.734. The molecule has 0 aliphatic heterocycles. The van der Waals surface area contributed by atoms with E-state index >= 15 is 0 Å². The Morgan fingerprint density at radius 2 is 1.77 bits per heavy atom. The highest BCUT2D eigenvalue weighted by Gasteiger charge is 2.13. The first kappa shape index (κ1) is 24.6. The van der Waals surface area contributed by atoms with Gasteiger partial charge in [0.1, 0.15) is 30.8 Å². The van der Waals surface area contributed by atoms with Crippen LogP contribution in [0.5, 0.6) is 23.0 Å². The second kappa shape index (κ2) is 10.8. The molecule has 0 aliphatic rings. The lowest BCUT2D eigenvalue weighted by atomic mass is 10.1. The Labute approximate surface area is 202 Å². The number of H-pyrrole nitrogens is 1. The van der Waals surface area contributed by atoms with Crippen LogP contribution in [0.2, 0.25) is 0 Å². The summed E-state index contributed by atoms with van der Waals surface area (Å²) < 4.78 is 51.5. The summed E-state index contributed by atoms with van der Waals surface area (Å²) in [6.45, 7) is 1.11. The quantitative estimate of drug-likeness (QED) is 0.170. The molecule has 1 atom stereocenters. The van der Waals surface area contributed by atoms with Gasteiger partial charge in [0, 0.05) is 35.4 Å². The topological polar surface area (TPSA) is 139 Å². The van der Waals surface area contributed by atoms with Crippen LogP contribution in [0.15, 0.2) is 60.7 Å². The van der Waals surface area contributed by atoms with Gasteiger partial charge in [0.25, 0.3) is 0 Å². The van der Waals surface area contributed by atoms with Crippen LogP contribution in [0.25, 0.3) is 21.8 Å². The highest BCUT2D eigenvalue weighted by Crippen LogP contribution is 2.33. The molecule has 3 aromatic carbocycles. The average Bonchev–Trinajstić information content (AvgIpc) is 3.21. The first-order chi connectivity index (χ1) is 16.8. The smallest absolute Gasteiger partial charge is 0.446 e. The van der Waals surface area contributed by atoms with E-state index in [1.54, 1.807) is 0 Å². The Bertz CT molecular complexity index is 1400. The minimum atomic E-state index is -4.63. The van der Waals surface area contributed by atoms with Gasteiger partial charge in [-0.25, -0.2) is 0 Å². The number of aromatic amines is 1. The third-order valence-corrected chi connectivity index (χ3v) is 5.58. The van der Waals surface area contributed by atoms with Crippen LogP contribution in [0.3, 0.4) is 0 Å².